The summed E-state index contributed by atoms with van der Waals surface area (Å²) in [5.41, 5.74) is 4.55. The van der Waals surface area contributed by atoms with E-state index in [0.717, 1.165) is 11.1 Å². The molecule has 0 unspecified atom stereocenters. The Balaban J connectivity index is 2.18. The summed E-state index contributed by atoms with van der Waals surface area (Å²) in [6, 6.07) is 18.6. The second kappa shape index (κ2) is 6.68. The van der Waals surface area contributed by atoms with Crippen LogP contribution in [0, 0.1) is 0 Å². The summed E-state index contributed by atoms with van der Waals surface area (Å²) in [4.78, 5) is 0. The standard InChI is InChI=1S/C15H16N2O2/c18-16-14(12-7-3-1-4-8-12)11-15(17-19)13-9-5-2-6-10-13/h1-10,14,16,18-19H,11H2/t14-/m0/s1. The summed E-state index contributed by atoms with van der Waals surface area (Å²) in [7, 11) is 0. The molecule has 0 aromatic heterocycles. The van der Waals surface area contributed by atoms with E-state index in [0.29, 0.717) is 12.1 Å². The maximum Gasteiger partial charge on any atom is 0.0887 e. The van der Waals surface area contributed by atoms with Gasteiger partial charge in [-0.15, -0.1) is 0 Å². The number of hydrogen-bond donors (Lipinski definition) is 3. The molecule has 0 amide bonds. The summed E-state index contributed by atoms with van der Waals surface area (Å²) in [5, 5.41) is 21.8. The van der Waals surface area contributed by atoms with E-state index < -0.39 is 0 Å². The van der Waals surface area contributed by atoms with Gasteiger partial charge < -0.3 is 10.4 Å². The first kappa shape index (κ1) is 13.3. The van der Waals surface area contributed by atoms with Crippen LogP contribution in [0.2, 0.25) is 0 Å². The maximum atomic E-state index is 9.28. The third-order valence-electron chi connectivity index (χ3n) is 2.98. The van der Waals surface area contributed by atoms with Crippen molar-refractivity contribution in [3.8, 4) is 0 Å². The monoisotopic (exact) mass is 256 g/mol. The molecule has 2 aromatic carbocycles. The van der Waals surface area contributed by atoms with Gasteiger partial charge in [0.2, 0.25) is 0 Å². The molecule has 2 rings (SSSR count). The van der Waals surface area contributed by atoms with E-state index in [1.165, 1.54) is 0 Å². The van der Waals surface area contributed by atoms with E-state index in [4.69, 9.17) is 5.21 Å². The topological polar surface area (TPSA) is 64.9 Å². The van der Waals surface area contributed by atoms with Gasteiger partial charge >= 0.3 is 0 Å². The van der Waals surface area contributed by atoms with Crippen LogP contribution in [0.1, 0.15) is 23.6 Å². The molecule has 0 spiro atoms. The highest BCUT2D eigenvalue weighted by Crippen LogP contribution is 2.19. The van der Waals surface area contributed by atoms with Crippen molar-refractivity contribution < 1.29 is 10.4 Å². The Hall–Kier alpha value is -2.17. The predicted molar refractivity (Wildman–Crippen MR) is 73.5 cm³/mol. The number of nitrogens with zero attached hydrogens (tertiary/aromatic N) is 1. The first-order chi connectivity index (χ1) is 9.35. The van der Waals surface area contributed by atoms with Gasteiger partial charge in [0.1, 0.15) is 0 Å². The molecule has 0 aliphatic rings. The molecule has 4 nitrogen and oxygen atoms in total. The first-order valence-corrected chi connectivity index (χ1v) is 6.06. The zero-order valence-electron chi connectivity index (χ0n) is 10.4. The lowest BCUT2D eigenvalue weighted by Crippen LogP contribution is -2.21. The van der Waals surface area contributed by atoms with Gasteiger partial charge in [-0.05, 0) is 11.1 Å². The van der Waals surface area contributed by atoms with Gasteiger partial charge in [-0.25, -0.2) is 0 Å². The van der Waals surface area contributed by atoms with Crippen LogP contribution in [-0.4, -0.2) is 16.1 Å². The van der Waals surface area contributed by atoms with Crippen molar-refractivity contribution in [2.45, 2.75) is 12.5 Å². The van der Waals surface area contributed by atoms with Crippen molar-refractivity contribution in [2.75, 3.05) is 0 Å². The van der Waals surface area contributed by atoms with Crippen LogP contribution in [0.5, 0.6) is 0 Å². The van der Waals surface area contributed by atoms with E-state index in [1.807, 2.05) is 60.7 Å². The molecular formula is C15H16N2O2. The molecule has 0 aliphatic heterocycles. The van der Waals surface area contributed by atoms with E-state index in [9.17, 15) is 5.21 Å². The fourth-order valence-corrected chi connectivity index (χ4v) is 1.96. The van der Waals surface area contributed by atoms with Crippen LogP contribution in [0.15, 0.2) is 65.8 Å². The molecule has 0 bridgehead atoms. The number of benzene rings is 2. The minimum atomic E-state index is -0.313. The molecule has 3 N–H and O–H groups in total. The first-order valence-electron chi connectivity index (χ1n) is 6.06. The Morgan fingerprint density at radius 2 is 1.58 bits per heavy atom. The van der Waals surface area contributed by atoms with Crippen LogP contribution >= 0.6 is 0 Å². The van der Waals surface area contributed by atoms with E-state index in [-0.39, 0.29) is 6.04 Å². The van der Waals surface area contributed by atoms with E-state index >= 15 is 0 Å². The summed E-state index contributed by atoms with van der Waals surface area (Å²) in [6.07, 6.45) is 0.390. The van der Waals surface area contributed by atoms with Gasteiger partial charge in [0.05, 0.1) is 11.8 Å². The van der Waals surface area contributed by atoms with Gasteiger partial charge in [-0.1, -0.05) is 65.8 Å². The van der Waals surface area contributed by atoms with E-state index in [1.54, 1.807) is 0 Å². The Kier molecular flexibility index (Phi) is 4.66. The van der Waals surface area contributed by atoms with Crippen LogP contribution in [-0.2, 0) is 0 Å². The Morgan fingerprint density at radius 3 is 2.11 bits per heavy atom. The number of rotatable bonds is 5. The number of nitrogens with one attached hydrogen (secondary N) is 1. The smallest absolute Gasteiger partial charge is 0.0887 e. The molecule has 98 valence electrons. The summed E-state index contributed by atoms with van der Waals surface area (Å²) < 4.78 is 0. The largest absolute Gasteiger partial charge is 0.411 e. The minimum Gasteiger partial charge on any atom is -0.411 e. The molecule has 0 fully saturated rings. The summed E-state index contributed by atoms with van der Waals surface area (Å²) in [6.45, 7) is 0. The van der Waals surface area contributed by atoms with Crippen LogP contribution in [0.25, 0.3) is 0 Å². The second-order valence-electron chi connectivity index (χ2n) is 4.21. The van der Waals surface area contributed by atoms with Crippen LogP contribution in [0.3, 0.4) is 0 Å². The number of hydrogen-bond acceptors (Lipinski definition) is 4. The molecule has 1 atom stereocenters. The lowest BCUT2D eigenvalue weighted by atomic mass is 9.98. The average molecular weight is 256 g/mol. The normalized spacial score (nSPS) is 13.2. The third-order valence-corrected chi connectivity index (χ3v) is 2.98. The zero-order chi connectivity index (χ0) is 13.5. The van der Waals surface area contributed by atoms with Gasteiger partial charge in [0, 0.05) is 6.42 Å². The number of hydroxylamine groups is 1. The van der Waals surface area contributed by atoms with Crippen molar-refractivity contribution in [3.05, 3.63) is 71.8 Å². The summed E-state index contributed by atoms with van der Waals surface area (Å²) >= 11 is 0. The van der Waals surface area contributed by atoms with Gasteiger partial charge in [-0.2, -0.15) is 5.48 Å². The molecule has 2 aromatic rings. The van der Waals surface area contributed by atoms with Gasteiger partial charge in [0.25, 0.3) is 0 Å². The average Bonchev–Trinajstić information content (AvgIpc) is 2.50. The Labute approximate surface area is 112 Å². The Morgan fingerprint density at radius 1 is 1.00 bits per heavy atom. The van der Waals surface area contributed by atoms with Crippen LogP contribution in [0.4, 0.5) is 0 Å². The van der Waals surface area contributed by atoms with Gasteiger partial charge in [-0.3, -0.25) is 0 Å². The summed E-state index contributed by atoms with van der Waals surface area (Å²) in [5.74, 6) is 0. The SMILES string of the molecule is ON=C(C[C@H](NO)c1ccccc1)c1ccccc1. The highest BCUT2D eigenvalue weighted by atomic mass is 16.5. The highest BCUT2D eigenvalue weighted by Gasteiger charge is 2.15. The van der Waals surface area contributed by atoms with E-state index in [2.05, 4.69) is 10.6 Å². The maximum absolute atomic E-state index is 9.28. The van der Waals surface area contributed by atoms with Crippen molar-refractivity contribution in [1.29, 1.82) is 0 Å². The predicted octanol–water partition coefficient (Wildman–Crippen LogP) is 2.98. The van der Waals surface area contributed by atoms with Gasteiger partial charge in [0.15, 0.2) is 0 Å². The molecular weight excluding hydrogens is 240 g/mol. The molecule has 0 aliphatic carbocycles. The molecule has 0 heterocycles. The minimum absolute atomic E-state index is 0.313. The molecule has 0 saturated carbocycles. The van der Waals surface area contributed by atoms with Crippen LogP contribution < -0.4 is 5.48 Å². The van der Waals surface area contributed by atoms with Crippen molar-refractivity contribution in [3.63, 3.8) is 0 Å². The zero-order valence-corrected chi connectivity index (χ0v) is 10.4. The van der Waals surface area contributed by atoms with Crippen molar-refractivity contribution in [2.24, 2.45) is 5.16 Å². The number of oxime groups is 1. The lowest BCUT2D eigenvalue weighted by molar-refractivity contribution is 0.128. The quantitative estimate of drug-likeness (QED) is 0.438. The highest BCUT2D eigenvalue weighted by molar-refractivity contribution is 6.00. The molecule has 0 saturated heterocycles. The second-order valence-corrected chi connectivity index (χ2v) is 4.21. The fraction of sp³-hybridized carbons (Fsp3) is 0.133. The third kappa shape index (κ3) is 3.40. The fourth-order valence-electron chi connectivity index (χ4n) is 1.96. The molecule has 0 radical (unpaired) electrons. The lowest BCUT2D eigenvalue weighted by Gasteiger charge is -2.16. The molecule has 19 heavy (non-hydrogen) atoms. The Bertz CT molecular complexity index is 526. The van der Waals surface area contributed by atoms with Crippen molar-refractivity contribution in [1.82, 2.24) is 5.48 Å². The molecule has 4 heteroatoms. The van der Waals surface area contributed by atoms with Crippen molar-refractivity contribution >= 4 is 5.71 Å².